The number of amides is 1. The van der Waals surface area contributed by atoms with Crippen LogP contribution in [0.1, 0.15) is 32.1 Å². The molecule has 3 rings (SSSR count). The molecule has 1 amide bonds. The molecular weight excluding hydrogens is 188 g/mol. The van der Waals surface area contributed by atoms with Crippen molar-refractivity contribution in [3.05, 3.63) is 0 Å². The van der Waals surface area contributed by atoms with Gasteiger partial charge in [0.1, 0.15) is 0 Å². The molecule has 2 heterocycles. The number of carbonyl (C=O) groups is 1. The third kappa shape index (κ3) is 1.67. The van der Waals surface area contributed by atoms with Gasteiger partial charge in [0.05, 0.1) is 0 Å². The average molecular weight is 208 g/mol. The normalized spacial score (nSPS) is 40.1. The Balaban J connectivity index is 1.56. The predicted octanol–water partition coefficient (Wildman–Crippen LogP) is 0.997. The minimum Gasteiger partial charge on any atom is -0.341 e. The van der Waals surface area contributed by atoms with Gasteiger partial charge in [0.25, 0.3) is 0 Å². The molecule has 0 radical (unpaired) electrons. The molecule has 3 unspecified atom stereocenters. The van der Waals surface area contributed by atoms with Gasteiger partial charge in [-0.25, -0.2) is 0 Å². The second-order valence-corrected chi connectivity index (χ2v) is 5.33. The molecule has 84 valence electrons. The summed E-state index contributed by atoms with van der Waals surface area (Å²) in [5.41, 5.74) is 0. The van der Waals surface area contributed by atoms with Crippen LogP contribution in [0.4, 0.5) is 0 Å². The van der Waals surface area contributed by atoms with Crippen molar-refractivity contribution in [2.24, 2.45) is 11.8 Å². The van der Waals surface area contributed by atoms with E-state index in [4.69, 9.17) is 0 Å². The van der Waals surface area contributed by atoms with Crippen molar-refractivity contribution in [3.63, 3.8) is 0 Å². The smallest absolute Gasteiger partial charge is 0.226 e. The van der Waals surface area contributed by atoms with Gasteiger partial charge in [-0.15, -0.1) is 0 Å². The van der Waals surface area contributed by atoms with Crippen molar-refractivity contribution >= 4 is 5.91 Å². The largest absolute Gasteiger partial charge is 0.341 e. The summed E-state index contributed by atoms with van der Waals surface area (Å²) in [5, 5.41) is 3.52. The van der Waals surface area contributed by atoms with E-state index in [1.54, 1.807) is 0 Å². The Morgan fingerprint density at radius 3 is 2.73 bits per heavy atom. The predicted molar refractivity (Wildman–Crippen MR) is 58.4 cm³/mol. The first-order valence-corrected chi connectivity index (χ1v) is 6.37. The maximum absolute atomic E-state index is 11.9. The first kappa shape index (κ1) is 9.64. The third-order valence-corrected chi connectivity index (χ3v) is 4.35. The van der Waals surface area contributed by atoms with Gasteiger partial charge in [-0.2, -0.15) is 0 Å². The van der Waals surface area contributed by atoms with E-state index in [1.165, 1.54) is 25.7 Å². The number of nitrogens with one attached hydrogen (secondary N) is 1. The van der Waals surface area contributed by atoms with Gasteiger partial charge in [0.15, 0.2) is 0 Å². The highest BCUT2D eigenvalue weighted by atomic mass is 16.2. The Labute approximate surface area is 91.2 Å². The lowest BCUT2D eigenvalue weighted by molar-refractivity contribution is -0.132. The Morgan fingerprint density at radius 1 is 1.27 bits per heavy atom. The molecule has 15 heavy (non-hydrogen) atoms. The van der Waals surface area contributed by atoms with E-state index < -0.39 is 0 Å². The van der Waals surface area contributed by atoms with Gasteiger partial charge < -0.3 is 10.2 Å². The van der Waals surface area contributed by atoms with Gasteiger partial charge in [-0.3, -0.25) is 4.79 Å². The van der Waals surface area contributed by atoms with Gasteiger partial charge in [0, 0.05) is 25.0 Å². The van der Waals surface area contributed by atoms with E-state index in [9.17, 15) is 4.79 Å². The Morgan fingerprint density at radius 2 is 2.20 bits per heavy atom. The number of piperidine rings is 1. The van der Waals surface area contributed by atoms with Crippen LogP contribution < -0.4 is 5.32 Å². The van der Waals surface area contributed by atoms with Crippen LogP contribution >= 0.6 is 0 Å². The van der Waals surface area contributed by atoms with Crippen molar-refractivity contribution in [2.45, 2.75) is 38.1 Å². The molecule has 2 saturated heterocycles. The van der Waals surface area contributed by atoms with Gasteiger partial charge >= 0.3 is 0 Å². The van der Waals surface area contributed by atoms with Crippen molar-refractivity contribution in [3.8, 4) is 0 Å². The third-order valence-electron chi connectivity index (χ3n) is 4.35. The summed E-state index contributed by atoms with van der Waals surface area (Å²) in [4.78, 5) is 14.1. The van der Waals surface area contributed by atoms with E-state index in [1.807, 2.05) is 0 Å². The number of fused-ring (bicyclic) bond motifs is 1. The molecule has 3 atom stereocenters. The molecule has 0 aromatic rings. The Kier molecular flexibility index (Phi) is 2.43. The molecule has 3 nitrogen and oxygen atoms in total. The van der Waals surface area contributed by atoms with Crippen molar-refractivity contribution in [1.29, 1.82) is 0 Å². The fourth-order valence-corrected chi connectivity index (χ4v) is 3.23. The highest BCUT2D eigenvalue weighted by Gasteiger charge is 2.46. The van der Waals surface area contributed by atoms with Gasteiger partial charge in [0.2, 0.25) is 5.91 Å². The zero-order valence-electron chi connectivity index (χ0n) is 9.24. The molecule has 0 bridgehead atoms. The van der Waals surface area contributed by atoms with Crippen molar-refractivity contribution in [2.75, 3.05) is 19.6 Å². The lowest BCUT2D eigenvalue weighted by Gasteiger charge is -2.28. The van der Waals surface area contributed by atoms with Crippen LogP contribution in [0.15, 0.2) is 0 Å². The molecule has 1 N–H and O–H groups in total. The van der Waals surface area contributed by atoms with E-state index in [-0.39, 0.29) is 0 Å². The maximum Gasteiger partial charge on any atom is 0.226 e. The standard InChI is InChI=1S/C12H20N2O/c15-12-11-5-4-9(11)7-14(12)8-10-3-1-2-6-13-10/h9-11,13H,1-8H2. The molecule has 1 saturated carbocycles. The molecule has 3 fully saturated rings. The summed E-state index contributed by atoms with van der Waals surface area (Å²) in [6.45, 7) is 3.15. The van der Waals surface area contributed by atoms with E-state index in [2.05, 4.69) is 10.2 Å². The summed E-state index contributed by atoms with van der Waals surface area (Å²) in [5.74, 6) is 1.56. The molecule has 1 aliphatic carbocycles. The van der Waals surface area contributed by atoms with E-state index >= 15 is 0 Å². The molecule has 2 aliphatic heterocycles. The zero-order valence-corrected chi connectivity index (χ0v) is 9.24. The summed E-state index contributed by atoms with van der Waals surface area (Å²) in [7, 11) is 0. The summed E-state index contributed by atoms with van der Waals surface area (Å²) in [6, 6.07) is 0.570. The topological polar surface area (TPSA) is 32.3 Å². The van der Waals surface area contributed by atoms with Crippen molar-refractivity contribution in [1.82, 2.24) is 10.2 Å². The van der Waals surface area contributed by atoms with E-state index in [0.717, 1.165) is 26.1 Å². The second-order valence-electron chi connectivity index (χ2n) is 5.33. The van der Waals surface area contributed by atoms with Crippen molar-refractivity contribution < 1.29 is 4.79 Å². The Bertz CT molecular complexity index is 260. The van der Waals surface area contributed by atoms with Gasteiger partial charge in [-0.1, -0.05) is 6.42 Å². The number of rotatable bonds is 2. The molecule has 0 aromatic heterocycles. The minimum absolute atomic E-state index is 0.411. The quantitative estimate of drug-likeness (QED) is 0.734. The molecule has 0 aromatic carbocycles. The summed E-state index contributed by atoms with van der Waals surface area (Å²) >= 11 is 0. The number of likely N-dealkylation sites (tertiary alicyclic amines) is 1. The van der Waals surface area contributed by atoms with Crippen LogP contribution in [0.25, 0.3) is 0 Å². The first-order chi connectivity index (χ1) is 7.34. The van der Waals surface area contributed by atoms with Crippen LogP contribution in [0, 0.1) is 11.8 Å². The SMILES string of the molecule is O=C1C2CCC2CN1CC1CCCCN1. The van der Waals surface area contributed by atoms with Crippen LogP contribution in [-0.4, -0.2) is 36.5 Å². The number of nitrogens with zero attached hydrogens (tertiary/aromatic N) is 1. The highest BCUT2D eigenvalue weighted by molar-refractivity contribution is 5.82. The number of hydrogen-bond donors (Lipinski definition) is 1. The van der Waals surface area contributed by atoms with Crippen LogP contribution in [-0.2, 0) is 4.79 Å². The van der Waals surface area contributed by atoms with Crippen LogP contribution in [0.2, 0.25) is 0 Å². The zero-order chi connectivity index (χ0) is 10.3. The van der Waals surface area contributed by atoms with E-state index in [0.29, 0.717) is 23.8 Å². The van der Waals surface area contributed by atoms with Gasteiger partial charge in [-0.05, 0) is 38.1 Å². The summed E-state index contributed by atoms with van der Waals surface area (Å²) in [6.07, 6.45) is 6.31. The summed E-state index contributed by atoms with van der Waals surface area (Å²) < 4.78 is 0. The molecule has 3 aliphatic rings. The van der Waals surface area contributed by atoms with Crippen LogP contribution in [0.5, 0.6) is 0 Å². The fraction of sp³-hybridized carbons (Fsp3) is 0.917. The minimum atomic E-state index is 0.411. The lowest BCUT2D eigenvalue weighted by Crippen LogP contribution is -2.44. The molecule has 3 heteroatoms. The number of carbonyl (C=O) groups excluding carboxylic acids is 1. The monoisotopic (exact) mass is 208 g/mol. The molecular formula is C12H20N2O. The lowest BCUT2D eigenvalue weighted by atomic mass is 9.76. The van der Waals surface area contributed by atoms with Crippen LogP contribution in [0.3, 0.4) is 0 Å². The molecule has 0 spiro atoms. The first-order valence-electron chi connectivity index (χ1n) is 6.37. The number of hydrogen-bond acceptors (Lipinski definition) is 2. The highest BCUT2D eigenvalue weighted by Crippen LogP contribution is 2.41. The Hall–Kier alpha value is -0.570. The second kappa shape index (κ2) is 3.78. The fourth-order valence-electron chi connectivity index (χ4n) is 3.23. The average Bonchev–Trinajstić information content (AvgIpc) is 2.42. The maximum atomic E-state index is 11.9.